The lowest BCUT2D eigenvalue weighted by Gasteiger charge is -2.32. The fraction of sp³-hybridized carbons (Fsp3) is 0.600. The molecule has 2 amide bonds. The maximum absolute atomic E-state index is 12.6. The molecule has 0 aromatic heterocycles. The molecule has 0 spiro atoms. The van der Waals surface area contributed by atoms with Crippen molar-refractivity contribution >= 4 is 11.8 Å². The Balaban J connectivity index is 1.52. The summed E-state index contributed by atoms with van der Waals surface area (Å²) >= 11 is 0. The molecule has 1 saturated carbocycles. The number of carbonyl (C=O) groups excluding carboxylic acids is 2. The van der Waals surface area contributed by atoms with Crippen molar-refractivity contribution in [1.29, 1.82) is 0 Å². The van der Waals surface area contributed by atoms with Gasteiger partial charge in [-0.15, -0.1) is 0 Å². The third kappa shape index (κ3) is 4.60. The van der Waals surface area contributed by atoms with Gasteiger partial charge in [0.05, 0.1) is 0 Å². The Morgan fingerprint density at radius 2 is 1.80 bits per heavy atom. The van der Waals surface area contributed by atoms with E-state index in [4.69, 9.17) is 0 Å². The number of hydrogen-bond acceptors (Lipinski definition) is 3. The lowest BCUT2D eigenvalue weighted by molar-refractivity contribution is -0.124. The van der Waals surface area contributed by atoms with Gasteiger partial charge in [-0.05, 0) is 49.3 Å². The first-order chi connectivity index (χ1) is 12.2. The van der Waals surface area contributed by atoms with Crippen molar-refractivity contribution in [3.8, 4) is 0 Å². The number of likely N-dealkylation sites (tertiary alicyclic amines) is 1. The summed E-state index contributed by atoms with van der Waals surface area (Å²) in [6.07, 6.45) is 6.25. The molecule has 0 radical (unpaired) electrons. The van der Waals surface area contributed by atoms with E-state index in [9.17, 15) is 14.7 Å². The van der Waals surface area contributed by atoms with Gasteiger partial charge in [-0.1, -0.05) is 25.0 Å². The number of rotatable bonds is 5. The van der Waals surface area contributed by atoms with Crippen molar-refractivity contribution in [2.24, 2.45) is 11.8 Å². The molecule has 5 heteroatoms. The van der Waals surface area contributed by atoms with E-state index in [1.807, 2.05) is 29.2 Å². The lowest BCUT2D eigenvalue weighted by atomic mass is 9.98. The van der Waals surface area contributed by atoms with E-state index in [2.05, 4.69) is 5.32 Å². The van der Waals surface area contributed by atoms with Gasteiger partial charge in [0.1, 0.15) is 0 Å². The molecule has 3 rings (SSSR count). The van der Waals surface area contributed by atoms with Crippen LogP contribution in [0.5, 0.6) is 0 Å². The highest BCUT2D eigenvalue weighted by atomic mass is 16.3. The zero-order chi connectivity index (χ0) is 17.6. The molecule has 1 aliphatic carbocycles. The largest absolute Gasteiger partial charge is 0.396 e. The van der Waals surface area contributed by atoms with Crippen molar-refractivity contribution in [2.75, 3.05) is 19.7 Å². The fourth-order valence-corrected chi connectivity index (χ4v) is 3.87. The Bertz CT molecular complexity index is 593. The van der Waals surface area contributed by atoms with Crippen molar-refractivity contribution in [3.63, 3.8) is 0 Å². The predicted molar refractivity (Wildman–Crippen MR) is 96.0 cm³/mol. The zero-order valence-corrected chi connectivity index (χ0v) is 14.7. The average Bonchev–Trinajstić information content (AvgIpc) is 3.21. The van der Waals surface area contributed by atoms with Gasteiger partial charge in [-0.3, -0.25) is 9.59 Å². The Morgan fingerprint density at radius 1 is 1.08 bits per heavy atom. The maximum Gasteiger partial charge on any atom is 0.253 e. The molecule has 5 nitrogen and oxygen atoms in total. The molecule has 1 atom stereocenters. The summed E-state index contributed by atoms with van der Waals surface area (Å²) in [5, 5.41) is 12.3. The molecular formula is C20H28N2O3. The minimum absolute atomic E-state index is 0.0275. The summed E-state index contributed by atoms with van der Waals surface area (Å²) in [6, 6.07) is 7.50. The Morgan fingerprint density at radius 3 is 2.48 bits per heavy atom. The van der Waals surface area contributed by atoms with Gasteiger partial charge in [0.25, 0.3) is 5.91 Å². The van der Waals surface area contributed by atoms with Gasteiger partial charge in [-0.2, -0.15) is 0 Å². The molecule has 1 unspecified atom stereocenters. The van der Waals surface area contributed by atoms with Crippen LogP contribution in [0.4, 0.5) is 0 Å². The van der Waals surface area contributed by atoms with E-state index in [1.165, 1.54) is 0 Å². The van der Waals surface area contributed by atoms with Gasteiger partial charge < -0.3 is 15.3 Å². The number of nitrogens with one attached hydrogen (secondary N) is 1. The van der Waals surface area contributed by atoms with Crippen LogP contribution in [0.2, 0.25) is 0 Å². The number of amides is 2. The Kier molecular flexibility index (Phi) is 6.08. The van der Waals surface area contributed by atoms with Crippen LogP contribution in [-0.4, -0.2) is 41.5 Å². The van der Waals surface area contributed by atoms with E-state index < -0.39 is 0 Å². The maximum atomic E-state index is 12.6. The molecule has 0 bridgehead atoms. The van der Waals surface area contributed by atoms with Crippen molar-refractivity contribution in [3.05, 3.63) is 35.4 Å². The predicted octanol–water partition coefficient (Wildman–Crippen LogP) is 2.34. The SMILES string of the molecule is O=C(NCc1ccc(C(=O)N2CCCC(CO)C2)cc1)C1CCCC1. The van der Waals surface area contributed by atoms with E-state index in [1.54, 1.807) is 0 Å². The second-order valence-electron chi connectivity index (χ2n) is 7.34. The van der Waals surface area contributed by atoms with Gasteiger partial charge in [-0.25, -0.2) is 0 Å². The van der Waals surface area contributed by atoms with E-state index >= 15 is 0 Å². The van der Waals surface area contributed by atoms with Crippen molar-refractivity contribution < 1.29 is 14.7 Å². The molecule has 25 heavy (non-hydrogen) atoms. The molecule has 1 heterocycles. The highest BCUT2D eigenvalue weighted by Gasteiger charge is 2.24. The summed E-state index contributed by atoms with van der Waals surface area (Å²) in [5.41, 5.74) is 1.68. The Hall–Kier alpha value is -1.88. The van der Waals surface area contributed by atoms with Crippen LogP contribution in [0.25, 0.3) is 0 Å². The number of benzene rings is 1. The van der Waals surface area contributed by atoms with Crippen molar-refractivity contribution in [2.45, 2.75) is 45.1 Å². The number of piperidine rings is 1. The molecule has 2 N–H and O–H groups in total. The summed E-state index contributed by atoms with van der Waals surface area (Å²) in [6.45, 7) is 2.05. The van der Waals surface area contributed by atoms with Crippen LogP contribution in [0, 0.1) is 11.8 Å². The number of aliphatic hydroxyl groups is 1. The highest BCUT2D eigenvalue weighted by molar-refractivity contribution is 5.94. The summed E-state index contributed by atoms with van der Waals surface area (Å²) < 4.78 is 0. The number of nitrogens with zero attached hydrogens (tertiary/aromatic N) is 1. The van der Waals surface area contributed by atoms with Crippen LogP contribution in [-0.2, 0) is 11.3 Å². The summed E-state index contributed by atoms with van der Waals surface area (Å²) in [7, 11) is 0. The molecule has 2 aliphatic rings. The van der Waals surface area contributed by atoms with Gasteiger partial charge in [0.15, 0.2) is 0 Å². The highest BCUT2D eigenvalue weighted by Crippen LogP contribution is 2.24. The molecule has 2 fully saturated rings. The average molecular weight is 344 g/mol. The fourth-order valence-electron chi connectivity index (χ4n) is 3.87. The zero-order valence-electron chi connectivity index (χ0n) is 14.7. The molecule has 136 valence electrons. The molecule has 1 aromatic rings. The Labute approximate surface area is 149 Å². The standard InChI is InChI=1S/C20H28N2O3/c23-14-16-4-3-11-22(13-16)20(25)18-9-7-15(8-10-18)12-21-19(24)17-5-1-2-6-17/h7-10,16-17,23H,1-6,11-14H2,(H,21,24). The van der Waals surface area contributed by atoms with Crippen LogP contribution >= 0.6 is 0 Å². The first-order valence-corrected chi connectivity index (χ1v) is 9.44. The van der Waals surface area contributed by atoms with E-state index in [0.29, 0.717) is 18.7 Å². The first-order valence-electron chi connectivity index (χ1n) is 9.44. The smallest absolute Gasteiger partial charge is 0.253 e. The topological polar surface area (TPSA) is 69.6 Å². The lowest BCUT2D eigenvalue weighted by Crippen LogP contribution is -2.40. The number of hydrogen-bond donors (Lipinski definition) is 2. The van der Waals surface area contributed by atoms with Gasteiger partial charge in [0, 0.05) is 37.7 Å². The first kappa shape index (κ1) is 17.9. The van der Waals surface area contributed by atoms with Crippen LogP contribution in [0.15, 0.2) is 24.3 Å². The molecule has 1 aromatic carbocycles. The third-order valence-corrected chi connectivity index (χ3v) is 5.46. The minimum atomic E-state index is 0.0275. The van der Waals surface area contributed by atoms with Crippen molar-refractivity contribution in [1.82, 2.24) is 10.2 Å². The quantitative estimate of drug-likeness (QED) is 0.861. The third-order valence-electron chi connectivity index (χ3n) is 5.46. The van der Waals surface area contributed by atoms with Crippen LogP contribution < -0.4 is 5.32 Å². The normalized spacial score (nSPS) is 21.3. The molecule has 1 saturated heterocycles. The minimum Gasteiger partial charge on any atom is -0.396 e. The van der Waals surface area contributed by atoms with E-state index in [-0.39, 0.29) is 30.3 Å². The number of aliphatic hydroxyl groups excluding tert-OH is 1. The monoisotopic (exact) mass is 344 g/mol. The summed E-state index contributed by atoms with van der Waals surface area (Å²) in [5.74, 6) is 0.558. The molecular weight excluding hydrogens is 316 g/mol. The van der Waals surface area contributed by atoms with Crippen LogP contribution in [0.1, 0.15) is 54.4 Å². The van der Waals surface area contributed by atoms with Gasteiger partial charge in [0.2, 0.25) is 5.91 Å². The molecule has 1 aliphatic heterocycles. The second-order valence-corrected chi connectivity index (χ2v) is 7.34. The van der Waals surface area contributed by atoms with E-state index in [0.717, 1.165) is 50.6 Å². The summed E-state index contributed by atoms with van der Waals surface area (Å²) in [4.78, 5) is 26.5. The number of carbonyl (C=O) groups is 2. The van der Waals surface area contributed by atoms with Crippen LogP contribution in [0.3, 0.4) is 0 Å². The second kappa shape index (κ2) is 8.48. The van der Waals surface area contributed by atoms with Gasteiger partial charge >= 0.3 is 0 Å².